The highest BCUT2D eigenvalue weighted by Gasteiger charge is 2.34. The van der Waals surface area contributed by atoms with Gasteiger partial charge in [-0.1, -0.05) is 75.3 Å². The SMILES string of the molecule is Cc1nc(Cn2ccn([C@H](C(=O)N[C@@H](Cc3ccccc3)[C@H](O)CN(CC(C)C)S(=O)(=O)c3ccc(CN=O)cc3)C(C)C)c2=O)cs1. The van der Waals surface area contributed by atoms with Crippen LogP contribution in [0.1, 0.15) is 55.6 Å². The summed E-state index contributed by atoms with van der Waals surface area (Å²) in [6.45, 7) is 9.37. The van der Waals surface area contributed by atoms with Crippen LogP contribution in [0.25, 0.3) is 0 Å². The summed E-state index contributed by atoms with van der Waals surface area (Å²) in [4.78, 5) is 42.6. The number of aliphatic hydroxyl groups is 1. The van der Waals surface area contributed by atoms with Crippen LogP contribution in [0.2, 0.25) is 0 Å². The fourth-order valence-electron chi connectivity index (χ4n) is 5.59. The third kappa shape index (κ3) is 9.34. The Kier molecular flexibility index (Phi) is 12.6. The van der Waals surface area contributed by atoms with Crippen molar-refractivity contribution in [2.45, 2.75) is 77.2 Å². The number of imidazole rings is 1. The van der Waals surface area contributed by atoms with Gasteiger partial charge in [-0.3, -0.25) is 13.9 Å². The van der Waals surface area contributed by atoms with Crippen LogP contribution in [-0.4, -0.2) is 63.1 Å². The number of carbonyl (C=O) groups is 1. The van der Waals surface area contributed by atoms with E-state index in [0.717, 1.165) is 16.3 Å². The number of amides is 1. The highest BCUT2D eigenvalue weighted by Crippen LogP contribution is 2.22. The first-order chi connectivity index (χ1) is 22.8. The molecule has 1 amide bonds. The van der Waals surface area contributed by atoms with Crippen molar-refractivity contribution in [3.8, 4) is 0 Å². The number of aromatic nitrogens is 3. The molecule has 4 rings (SSSR count). The molecule has 0 saturated heterocycles. The highest BCUT2D eigenvalue weighted by molar-refractivity contribution is 7.89. The number of hydrogen-bond donors (Lipinski definition) is 2. The zero-order valence-corrected chi connectivity index (χ0v) is 29.5. The number of hydrogen-bond acceptors (Lipinski definition) is 9. The Morgan fingerprint density at radius 1 is 1.02 bits per heavy atom. The van der Waals surface area contributed by atoms with Gasteiger partial charge in [-0.25, -0.2) is 18.2 Å². The largest absolute Gasteiger partial charge is 0.390 e. The average Bonchev–Trinajstić information content (AvgIpc) is 3.61. The van der Waals surface area contributed by atoms with Gasteiger partial charge in [-0.15, -0.1) is 11.3 Å². The zero-order valence-electron chi connectivity index (χ0n) is 27.9. The Balaban J connectivity index is 1.61. The van der Waals surface area contributed by atoms with Crippen LogP contribution in [0, 0.1) is 23.7 Å². The molecule has 14 heteroatoms. The van der Waals surface area contributed by atoms with Crippen LogP contribution < -0.4 is 11.0 Å². The van der Waals surface area contributed by atoms with Crippen LogP contribution >= 0.6 is 11.3 Å². The number of aryl methyl sites for hydroxylation is 1. The van der Waals surface area contributed by atoms with E-state index >= 15 is 0 Å². The highest BCUT2D eigenvalue weighted by atomic mass is 32.2. The van der Waals surface area contributed by atoms with E-state index in [-0.39, 0.29) is 55.0 Å². The number of carbonyl (C=O) groups excluding carboxylic acids is 1. The topological polar surface area (TPSA) is 156 Å². The van der Waals surface area contributed by atoms with Gasteiger partial charge in [0.1, 0.15) is 12.6 Å². The molecule has 2 aromatic carbocycles. The second kappa shape index (κ2) is 16.4. The minimum atomic E-state index is -4.06. The van der Waals surface area contributed by atoms with E-state index < -0.39 is 34.1 Å². The van der Waals surface area contributed by atoms with Crippen LogP contribution in [0.15, 0.2) is 87.2 Å². The molecule has 0 unspecified atom stereocenters. The molecule has 2 aromatic heterocycles. The summed E-state index contributed by atoms with van der Waals surface area (Å²) >= 11 is 1.50. The lowest BCUT2D eigenvalue weighted by atomic mass is 9.98. The summed E-state index contributed by atoms with van der Waals surface area (Å²) < 4.78 is 31.8. The van der Waals surface area contributed by atoms with Gasteiger partial charge in [-0.05, 0) is 48.4 Å². The fraction of sp³-hybridized carbons (Fsp3) is 0.441. The third-order valence-corrected chi connectivity index (χ3v) is 10.6. The van der Waals surface area contributed by atoms with Gasteiger partial charge < -0.3 is 10.4 Å². The van der Waals surface area contributed by atoms with Crippen LogP contribution in [0.3, 0.4) is 0 Å². The van der Waals surface area contributed by atoms with Crippen molar-refractivity contribution in [3.63, 3.8) is 0 Å². The number of aliphatic hydroxyl groups excluding tert-OH is 1. The second-order valence-electron chi connectivity index (χ2n) is 12.7. The molecule has 0 aliphatic rings. The summed E-state index contributed by atoms with van der Waals surface area (Å²) in [6, 6.07) is 13.4. The van der Waals surface area contributed by atoms with Crippen molar-refractivity contribution in [2.24, 2.45) is 17.0 Å². The van der Waals surface area contributed by atoms with Gasteiger partial charge in [0.15, 0.2) is 0 Å². The monoisotopic (exact) mass is 696 g/mol. The molecule has 0 radical (unpaired) electrons. The molecule has 2 heterocycles. The van der Waals surface area contributed by atoms with E-state index in [0.29, 0.717) is 5.56 Å². The number of thiazole rings is 1. The molecular formula is C34H44N6O6S2. The Labute approximate surface area is 285 Å². The number of benzene rings is 2. The summed E-state index contributed by atoms with van der Waals surface area (Å²) in [7, 11) is -4.06. The molecule has 4 aromatic rings. The molecule has 0 aliphatic heterocycles. The lowest BCUT2D eigenvalue weighted by molar-refractivity contribution is -0.127. The minimum Gasteiger partial charge on any atom is -0.390 e. The van der Waals surface area contributed by atoms with Crippen LogP contribution in [0.4, 0.5) is 0 Å². The van der Waals surface area contributed by atoms with E-state index in [2.05, 4.69) is 15.5 Å². The zero-order chi connectivity index (χ0) is 35.0. The quantitative estimate of drug-likeness (QED) is 0.155. The van der Waals surface area contributed by atoms with Crippen molar-refractivity contribution < 1.29 is 18.3 Å². The van der Waals surface area contributed by atoms with Crippen LogP contribution in [0.5, 0.6) is 0 Å². The Bertz CT molecular complexity index is 1820. The van der Waals surface area contributed by atoms with E-state index in [1.807, 2.05) is 70.3 Å². The lowest BCUT2D eigenvalue weighted by Gasteiger charge is -2.32. The van der Waals surface area contributed by atoms with Crippen molar-refractivity contribution in [3.05, 3.63) is 110 Å². The molecule has 48 heavy (non-hydrogen) atoms. The van der Waals surface area contributed by atoms with E-state index in [9.17, 15) is 28.0 Å². The molecule has 0 spiro atoms. The molecule has 0 bridgehead atoms. The van der Waals surface area contributed by atoms with E-state index in [1.165, 1.54) is 49.0 Å². The van der Waals surface area contributed by atoms with Gasteiger partial charge in [0.05, 0.1) is 34.3 Å². The number of nitrogens with one attached hydrogen (secondary N) is 1. The predicted octanol–water partition coefficient (Wildman–Crippen LogP) is 4.36. The van der Waals surface area contributed by atoms with Crippen molar-refractivity contribution >= 4 is 27.3 Å². The molecule has 3 atom stereocenters. The summed E-state index contributed by atoms with van der Waals surface area (Å²) in [6.07, 6.45) is 2.14. The Morgan fingerprint density at radius 2 is 1.71 bits per heavy atom. The standard InChI is InChI=1S/C34H44N6O6S2/c1-23(2)19-39(48(45,46)29-13-11-27(12-14-29)18-35-44)21-31(41)30(17-26-9-7-6-8-10-26)37-33(42)32(24(3)4)40-16-15-38(34(40)43)20-28-22-47-25(5)36-28/h6-16,22-24,30-32,41H,17-21H2,1-5H3,(H,37,42)/t30-,31+,32-/m0/s1. The molecule has 0 fully saturated rings. The average molecular weight is 697 g/mol. The molecule has 2 N–H and O–H groups in total. The molecular weight excluding hydrogens is 653 g/mol. The first-order valence-electron chi connectivity index (χ1n) is 15.9. The third-order valence-electron chi connectivity index (χ3n) is 7.93. The second-order valence-corrected chi connectivity index (χ2v) is 15.7. The van der Waals surface area contributed by atoms with Crippen molar-refractivity contribution in [1.29, 1.82) is 0 Å². The first kappa shape index (κ1) is 36.8. The smallest absolute Gasteiger partial charge is 0.329 e. The summed E-state index contributed by atoms with van der Waals surface area (Å²) in [5.41, 5.74) is 1.81. The number of rotatable bonds is 17. The normalized spacial score (nSPS) is 13.9. The van der Waals surface area contributed by atoms with Gasteiger partial charge in [0.2, 0.25) is 15.9 Å². The number of nitrogens with zero attached hydrogens (tertiary/aromatic N) is 5. The predicted molar refractivity (Wildman–Crippen MR) is 186 cm³/mol. The summed E-state index contributed by atoms with van der Waals surface area (Å²) in [5, 5.41) is 20.3. The minimum absolute atomic E-state index is 0.0187. The van der Waals surface area contributed by atoms with Gasteiger partial charge >= 0.3 is 5.69 Å². The lowest BCUT2D eigenvalue weighted by Crippen LogP contribution is -2.53. The van der Waals surface area contributed by atoms with Crippen molar-refractivity contribution in [2.75, 3.05) is 13.1 Å². The maximum absolute atomic E-state index is 14.0. The maximum Gasteiger partial charge on any atom is 0.329 e. The van der Waals surface area contributed by atoms with E-state index in [1.54, 1.807) is 12.4 Å². The fourth-order valence-corrected chi connectivity index (χ4v) is 7.81. The van der Waals surface area contributed by atoms with Crippen molar-refractivity contribution in [1.82, 2.24) is 23.7 Å². The summed E-state index contributed by atoms with van der Waals surface area (Å²) in [5.74, 6) is -0.820. The Morgan fingerprint density at radius 3 is 2.29 bits per heavy atom. The molecule has 0 aliphatic carbocycles. The van der Waals surface area contributed by atoms with Gasteiger partial charge in [0.25, 0.3) is 0 Å². The number of sulfonamides is 1. The number of nitroso groups, excluding NO2 is 1. The van der Waals surface area contributed by atoms with Crippen LogP contribution in [-0.2, 0) is 34.3 Å². The molecule has 12 nitrogen and oxygen atoms in total. The van der Waals surface area contributed by atoms with E-state index in [4.69, 9.17) is 0 Å². The van der Waals surface area contributed by atoms with Gasteiger partial charge in [0, 0.05) is 30.9 Å². The first-order valence-corrected chi connectivity index (χ1v) is 18.2. The molecule has 0 saturated carbocycles. The van der Waals surface area contributed by atoms with Gasteiger partial charge in [-0.2, -0.15) is 9.21 Å². The Hall–Kier alpha value is -3.98. The maximum atomic E-state index is 14.0. The molecule has 258 valence electrons.